The lowest BCUT2D eigenvalue weighted by molar-refractivity contribution is 0.0910. The number of urea groups is 1. The number of anilines is 1. The second kappa shape index (κ2) is 6.45. The summed E-state index contributed by atoms with van der Waals surface area (Å²) in [5.74, 6) is 1.70. The van der Waals surface area contributed by atoms with E-state index in [4.69, 9.17) is 9.47 Å². The Labute approximate surface area is 160 Å². The van der Waals surface area contributed by atoms with Gasteiger partial charge >= 0.3 is 6.03 Å². The normalized spacial score (nSPS) is 24.9. The highest BCUT2D eigenvalue weighted by molar-refractivity contribution is 7.12. The fourth-order valence-corrected chi connectivity index (χ4v) is 4.86. The highest BCUT2D eigenvalue weighted by atomic mass is 32.1. The Bertz CT molecular complexity index is 885. The molecule has 2 fully saturated rings. The first-order valence-electron chi connectivity index (χ1n) is 8.99. The molecule has 2 aliphatic heterocycles. The van der Waals surface area contributed by atoms with Crippen LogP contribution in [0.4, 0.5) is 10.5 Å². The SMILES string of the molecule is O=C(N[C@H]1C[C@@H]2C[C@H]1N(C(=O)Nc1ccc3c(c1)OCO3)C2)c1cccs1. The van der Waals surface area contributed by atoms with Gasteiger partial charge in [-0.15, -0.1) is 11.3 Å². The van der Waals surface area contributed by atoms with Crippen LogP contribution < -0.4 is 20.1 Å². The molecule has 1 aromatic heterocycles. The minimum Gasteiger partial charge on any atom is -0.454 e. The molecule has 1 aliphatic carbocycles. The van der Waals surface area contributed by atoms with Gasteiger partial charge in [-0.2, -0.15) is 0 Å². The third kappa shape index (κ3) is 2.99. The minimum atomic E-state index is -0.142. The number of hydrogen-bond acceptors (Lipinski definition) is 5. The fourth-order valence-electron chi connectivity index (χ4n) is 4.23. The zero-order valence-corrected chi connectivity index (χ0v) is 15.3. The molecule has 0 radical (unpaired) electrons. The molecule has 3 heterocycles. The van der Waals surface area contributed by atoms with Crippen LogP contribution in [0.15, 0.2) is 35.7 Å². The van der Waals surface area contributed by atoms with Crippen LogP contribution in [0, 0.1) is 5.92 Å². The molecule has 1 saturated carbocycles. The zero-order valence-electron chi connectivity index (χ0n) is 14.5. The van der Waals surface area contributed by atoms with Gasteiger partial charge in [0.2, 0.25) is 6.79 Å². The first kappa shape index (κ1) is 16.4. The van der Waals surface area contributed by atoms with Crippen LogP contribution in [-0.2, 0) is 0 Å². The van der Waals surface area contributed by atoms with Crippen LogP contribution in [0.2, 0.25) is 0 Å². The summed E-state index contributed by atoms with van der Waals surface area (Å²) in [6, 6.07) is 8.94. The maximum absolute atomic E-state index is 12.8. The van der Waals surface area contributed by atoms with Crippen molar-refractivity contribution in [2.24, 2.45) is 5.92 Å². The van der Waals surface area contributed by atoms with Gasteiger partial charge in [0.15, 0.2) is 11.5 Å². The van der Waals surface area contributed by atoms with E-state index in [-0.39, 0.29) is 30.8 Å². The van der Waals surface area contributed by atoms with E-state index in [1.54, 1.807) is 18.2 Å². The van der Waals surface area contributed by atoms with Gasteiger partial charge in [-0.05, 0) is 42.3 Å². The number of likely N-dealkylation sites (tertiary alicyclic amines) is 1. The molecule has 2 aromatic rings. The Balaban J connectivity index is 1.25. The van der Waals surface area contributed by atoms with E-state index in [9.17, 15) is 9.59 Å². The van der Waals surface area contributed by atoms with Crippen molar-refractivity contribution >= 4 is 29.0 Å². The number of carbonyl (C=O) groups excluding carboxylic acids is 2. The van der Waals surface area contributed by atoms with Gasteiger partial charge in [-0.25, -0.2) is 4.79 Å². The number of rotatable bonds is 3. The minimum absolute atomic E-state index is 0.000791. The van der Waals surface area contributed by atoms with E-state index < -0.39 is 0 Å². The van der Waals surface area contributed by atoms with E-state index in [2.05, 4.69) is 10.6 Å². The molecule has 3 aliphatic rings. The summed E-state index contributed by atoms with van der Waals surface area (Å²) in [6.07, 6.45) is 1.86. The lowest BCUT2D eigenvalue weighted by atomic mass is 10.1. The quantitative estimate of drug-likeness (QED) is 0.851. The first-order chi connectivity index (χ1) is 13.2. The van der Waals surface area contributed by atoms with E-state index in [1.165, 1.54) is 11.3 Å². The van der Waals surface area contributed by atoms with E-state index in [0.717, 1.165) is 19.4 Å². The van der Waals surface area contributed by atoms with Crippen molar-refractivity contribution in [1.82, 2.24) is 10.2 Å². The molecule has 27 heavy (non-hydrogen) atoms. The van der Waals surface area contributed by atoms with Crippen LogP contribution in [0.5, 0.6) is 11.5 Å². The highest BCUT2D eigenvalue weighted by Gasteiger charge is 2.47. The number of fused-ring (bicyclic) bond motifs is 3. The number of nitrogens with one attached hydrogen (secondary N) is 2. The van der Waals surface area contributed by atoms with E-state index >= 15 is 0 Å². The van der Waals surface area contributed by atoms with Crippen LogP contribution >= 0.6 is 11.3 Å². The van der Waals surface area contributed by atoms with Crippen LogP contribution in [0.1, 0.15) is 22.5 Å². The molecule has 7 nitrogen and oxygen atoms in total. The Kier molecular flexibility index (Phi) is 3.93. The van der Waals surface area contributed by atoms with Crippen molar-refractivity contribution in [1.29, 1.82) is 0 Å². The molecular formula is C19H19N3O4S. The maximum Gasteiger partial charge on any atom is 0.322 e. The topological polar surface area (TPSA) is 79.9 Å². The molecule has 5 rings (SSSR count). The smallest absolute Gasteiger partial charge is 0.322 e. The third-order valence-corrected chi connectivity index (χ3v) is 6.30. The van der Waals surface area contributed by atoms with Gasteiger partial charge in [0.25, 0.3) is 5.91 Å². The number of piperidine rings is 1. The molecule has 1 saturated heterocycles. The number of thiophene rings is 1. The van der Waals surface area contributed by atoms with Crippen molar-refractivity contribution < 1.29 is 19.1 Å². The molecule has 2 bridgehead atoms. The molecule has 140 valence electrons. The number of benzene rings is 1. The fraction of sp³-hybridized carbons (Fsp3) is 0.368. The van der Waals surface area contributed by atoms with Gasteiger partial charge in [0.1, 0.15) is 0 Å². The number of nitrogens with zero attached hydrogens (tertiary/aromatic N) is 1. The van der Waals surface area contributed by atoms with E-state index in [0.29, 0.717) is 28.0 Å². The highest BCUT2D eigenvalue weighted by Crippen LogP contribution is 2.39. The summed E-state index contributed by atoms with van der Waals surface area (Å²) in [4.78, 5) is 27.7. The Morgan fingerprint density at radius 2 is 2.04 bits per heavy atom. The summed E-state index contributed by atoms with van der Waals surface area (Å²) in [7, 11) is 0. The first-order valence-corrected chi connectivity index (χ1v) is 9.87. The van der Waals surface area contributed by atoms with Crippen LogP contribution in [0.25, 0.3) is 0 Å². The van der Waals surface area contributed by atoms with Gasteiger partial charge in [0.05, 0.1) is 17.0 Å². The second-order valence-corrected chi connectivity index (χ2v) is 8.06. The molecule has 0 spiro atoms. The molecule has 2 N–H and O–H groups in total. The van der Waals surface area contributed by atoms with E-state index in [1.807, 2.05) is 22.4 Å². The van der Waals surface area contributed by atoms with Crippen molar-refractivity contribution in [2.45, 2.75) is 24.9 Å². The summed E-state index contributed by atoms with van der Waals surface area (Å²) < 4.78 is 10.7. The van der Waals surface area contributed by atoms with Crippen LogP contribution in [-0.4, -0.2) is 42.3 Å². The molecule has 8 heteroatoms. The van der Waals surface area contributed by atoms with Gasteiger partial charge in [-0.3, -0.25) is 4.79 Å². The standard InChI is InChI=1S/C19H19N3O4S/c23-18(17-2-1-5-27-17)21-13-6-11-7-14(13)22(9-11)19(24)20-12-3-4-15-16(8-12)26-10-25-15/h1-5,8,11,13-14H,6-7,9-10H2,(H,20,24)(H,21,23)/t11-,13+,14-/m1/s1. The molecule has 3 amide bonds. The molecule has 0 unspecified atom stereocenters. The third-order valence-electron chi connectivity index (χ3n) is 5.43. The average molecular weight is 385 g/mol. The van der Waals surface area contributed by atoms with Gasteiger partial charge in [-0.1, -0.05) is 6.07 Å². The number of hydrogen-bond donors (Lipinski definition) is 2. The van der Waals surface area contributed by atoms with Crippen LogP contribution in [0.3, 0.4) is 0 Å². The maximum atomic E-state index is 12.8. The lowest BCUT2D eigenvalue weighted by Gasteiger charge is -2.33. The number of carbonyl (C=O) groups is 2. The lowest BCUT2D eigenvalue weighted by Crippen LogP contribution is -2.52. The monoisotopic (exact) mass is 385 g/mol. The predicted molar refractivity (Wildman–Crippen MR) is 100 cm³/mol. The van der Waals surface area contributed by atoms with Crippen molar-refractivity contribution in [2.75, 3.05) is 18.7 Å². The Morgan fingerprint density at radius 3 is 2.85 bits per heavy atom. The van der Waals surface area contributed by atoms with Gasteiger partial charge in [0, 0.05) is 18.3 Å². The van der Waals surface area contributed by atoms with Crippen molar-refractivity contribution in [3.63, 3.8) is 0 Å². The average Bonchev–Trinajstić information content (AvgIpc) is 3.43. The summed E-state index contributed by atoms with van der Waals surface area (Å²) in [5.41, 5.74) is 0.672. The summed E-state index contributed by atoms with van der Waals surface area (Å²) >= 11 is 1.43. The molecule has 1 aromatic carbocycles. The molecular weight excluding hydrogens is 366 g/mol. The van der Waals surface area contributed by atoms with Crippen molar-refractivity contribution in [3.8, 4) is 11.5 Å². The number of amides is 3. The van der Waals surface area contributed by atoms with Gasteiger partial charge < -0.3 is 25.0 Å². The second-order valence-electron chi connectivity index (χ2n) is 7.11. The zero-order chi connectivity index (χ0) is 18.4. The summed E-state index contributed by atoms with van der Waals surface area (Å²) in [5, 5.41) is 7.94. The number of ether oxygens (including phenoxy) is 2. The van der Waals surface area contributed by atoms with Crippen molar-refractivity contribution in [3.05, 3.63) is 40.6 Å². The Morgan fingerprint density at radius 1 is 1.15 bits per heavy atom. The largest absolute Gasteiger partial charge is 0.454 e. The predicted octanol–water partition coefficient (Wildman–Crippen LogP) is 2.90. The summed E-state index contributed by atoms with van der Waals surface area (Å²) in [6.45, 7) is 0.931. The Hall–Kier alpha value is -2.74. The molecule has 3 atom stereocenters.